The Balaban J connectivity index is 1.63. The van der Waals surface area contributed by atoms with Crippen LogP contribution in [0.25, 0.3) is 0 Å². The van der Waals surface area contributed by atoms with E-state index in [1.54, 1.807) is 6.07 Å². The van der Waals surface area contributed by atoms with Crippen LogP contribution in [0.3, 0.4) is 0 Å². The van der Waals surface area contributed by atoms with E-state index in [4.69, 9.17) is 4.74 Å². The summed E-state index contributed by atoms with van der Waals surface area (Å²) in [5, 5.41) is 2.77. The summed E-state index contributed by atoms with van der Waals surface area (Å²) < 4.78 is 18.9. The van der Waals surface area contributed by atoms with Crippen molar-refractivity contribution in [2.45, 2.75) is 26.5 Å². The Morgan fingerprint density at radius 3 is 2.76 bits per heavy atom. The highest BCUT2D eigenvalue weighted by Gasteiger charge is 2.16. The van der Waals surface area contributed by atoms with Gasteiger partial charge in [0.15, 0.2) is 0 Å². The number of hydrogen-bond acceptors (Lipinski definition) is 3. The summed E-state index contributed by atoms with van der Waals surface area (Å²) in [7, 11) is 0. The van der Waals surface area contributed by atoms with Crippen molar-refractivity contribution in [1.29, 1.82) is 0 Å². The second-order valence-corrected chi connectivity index (χ2v) is 6.53. The van der Waals surface area contributed by atoms with Crippen LogP contribution in [0.2, 0.25) is 0 Å². The molecule has 1 atom stereocenters. The molecule has 5 heteroatoms. The van der Waals surface area contributed by atoms with Crippen LogP contribution in [0.15, 0.2) is 42.5 Å². The molecule has 0 bridgehead atoms. The first-order chi connectivity index (χ1) is 12.0. The molecule has 2 aromatic carbocycles. The highest BCUT2D eigenvalue weighted by atomic mass is 19.1. The third-order valence-electron chi connectivity index (χ3n) is 4.40. The molecule has 132 valence electrons. The van der Waals surface area contributed by atoms with Gasteiger partial charge in [0.1, 0.15) is 5.82 Å². The van der Waals surface area contributed by atoms with Gasteiger partial charge in [-0.25, -0.2) is 4.39 Å². The molecule has 1 fully saturated rings. The normalized spacial score (nSPS) is 18.1. The van der Waals surface area contributed by atoms with Crippen LogP contribution in [-0.4, -0.2) is 36.6 Å². The minimum atomic E-state index is -0.365. The first-order valence-corrected chi connectivity index (χ1v) is 8.51. The predicted molar refractivity (Wildman–Crippen MR) is 96.2 cm³/mol. The van der Waals surface area contributed by atoms with E-state index in [9.17, 15) is 9.18 Å². The smallest absolute Gasteiger partial charge is 0.255 e. The van der Waals surface area contributed by atoms with Crippen molar-refractivity contribution < 1.29 is 13.9 Å². The quantitative estimate of drug-likeness (QED) is 0.923. The van der Waals surface area contributed by atoms with Gasteiger partial charge in [-0.2, -0.15) is 0 Å². The molecule has 25 heavy (non-hydrogen) atoms. The average Bonchev–Trinajstić information content (AvgIpc) is 2.59. The van der Waals surface area contributed by atoms with Crippen LogP contribution >= 0.6 is 0 Å². The highest BCUT2D eigenvalue weighted by molar-refractivity contribution is 6.04. The third-order valence-corrected chi connectivity index (χ3v) is 4.40. The standard InChI is InChI=1S/C20H23FN2O2/c1-14-3-8-18(21)11-19(14)22-20(24)17-6-4-16(5-7-17)13-23-9-10-25-15(2)12-23/h3-8,11,15H,9-10,12-13H2,1-2H3,(H,22,24)/t15-/m0/s1. The first kappa shape index (κ1) is 17.6. The van der Waals surface area contributed by atoms with Gasteiger partial charge in [-0.1, -0.05) is 18.2 Å². The van der Waals surface area contributed by atoms with Gasteiger partial charge >= 0.3 is 0 Å². The molecule has 4 nitrogen and oxygen atoms in total. The summed E-state index contributed by atoms with van der Waals surface area (Å²) in [6.45, 7) is 7.36. The predicted octanol–water partition coefficient (Wildman–Crippen LogP) is 3.61. The van der Waals surface area contributed by atoms with E-state index < -0.39 is 0 Å². The number of ether oxygens (including phenoxy) is 1. The topological polar surface area (TPSA) is 41.6 Å². The van der Waals surface area contributed by atoms with E-state index in [0.29, 0.717) is 11.3 Å². The summed E-state index contributed by atoms with van der Waals surface area (Å²) in [5.74, 6) is -0.601. The van der Waals surface area contributed by atoms with Crippen LogP contribution in [0.1, 0.15) is 28.4 Å². The molecule has 0 spiro atoms. The molecule has 0 saturated carbocycles. The molecule has 2 aromatic rings. The number of carbonyl (C=O) groups excluding carboxylic acids is 1. The summed E-state index contributed by atoms with van der Waals surface area (Å²) in [6, 6.07) is 11.9. The fraction of sp³-hybridized carbons (Fsp3) is 0.350. The number of carbonyl (C=O) groups is 1. The maximum atomic E-state index is 13.3. The van der Waals surface area contributed by atoms with Crippen molar-refractivity contribution in [3.05, 3.63) is 65.0 Å². The molecule has 1 saturated heterocycles. The molecule has 0 unspecified atom stereocenters. The molecule has 0 radical (unpaired) electrons. The van der Waals surface area contributed by atoms with Crippen LogP contribution in [-0.2, 0) is 11.3 Å². The van der Waals surface area contributed by atoms with E-state index in [1.165, 1.54) is 12.1 Å². The largest absolute Gasteiger partial charge is 0.376 e. The number of nitrogens with zero attached hydrogens (tertiary/aromatic N) is 1. The lowest BCUT2D eigenvalue weighted by molar-refractivity contribution is -0.0212. The van der Waals surface area contributed by atoms with Crippen molar-refractivity contribution in [2.75, 3.05) is 25.0 Å². The first-order valence-electron chi connectivity index (χ1n) is 8.51. The lowest BCUT2D eigenvalue weighted by atomic mass is 10.1. The summed E-state index contributed by atoms with van der Waals surface area (Å²) in [6.07, 6.45) is 0.258. The third kappa shape index (κ3) is 4.65. The molecule has 0 aliphatic carbocycles. The Bertz CT molecular complexity index is 746. The number of hydrogen-bond donors (Lipinski definition) is 1. The zero-order chi connectivity index (χ0) is 17.8. The maximum Gasteiger partial charge on any atom is 0.255 e. The van der Waals surface area contributed by atoms with E-state index in [0.717, 1.165) is 37.4 Å². The highest BCUT2D eigenvalue weighted by Crippen LogP contribution is 2.18. The van der Waals surface area contributed by atoms with Crippen molar-refractivity contribution in [3.63, 3.8) is 0 Å². The fourth-order valence-electron chi connectivity index (χ4n) is 2.98. The Kier molecular flexibility index (Phi) is 5.46. The zero-order valence-electron chi connectivity index (χ0n) is 14.6. The van der Waals surface area contributed by atoms with Gasteiger partial charge in [-0.3, -0.25) is 9.69 Å². The maximum absolute atomic E-state index is 13.3. The second kappa shape index (κ2) is 7.76. The lowest BCUT2D eigenvalue weighted by Gasteiger charge is -2.31. The molecule has 1 heterocycles. The number of amides is 1. The molecular formula is C20H23FN2O2. The lowest BCUT2D eigenvalue weighted by Crippen LogP contribution is -2.40. The number of aryl methyl sites for hydroxylation is 1. The summed E-state index contributed by atoms with van der Waals surface area (Å²) >= 11 is 0. The van der Waals surface area contributed by atoms with Crippen molar-refractivity contribution >= 4 is 11.6 Å². The average molecular weight is 342 g/mol. The van der Waals surface area contributed by atoms with Gasteiger partial charge in [0.2, 0.25) is 0 Å². The van der Waals surface area contributed by atoms with E-state index >= 15 is 0 Å². The van der Waals surface area contributed by atoms with Crippen LogP contribution in [0, 0.1) is 12.7 Å². The Hall–Kier alpha value is -2.24. The Morgan fingerprint density at radius 1 is 1.28 bits per heavy atom. The van der Waals surface area contributed by atoms with E-state index in [1.807, 2.05) is 31.2 Å². The number of rotatable bonds is 4. The number of benzene rings is 2. The number of halogens is 1. The van der Waals surface area contributed by atoms with E-state index in [-0.39, 0.29) is 17.8 Å². The van der Waals surface area contributed by atoms with Crippen LogP contribution in [0.5, 0.6) is 0 Å². The SMILES string of the molecule is Cc1ccc(F)cc1NC(=O)c1ccc(CN2CCO[C@@H](C)C2)cc1. The number of morpholine rings is 1. The fourth-order valence-corrected chi connectivity index (χ4v) is 2.98. The minimum absolute atomic E-state index is 0.236. The number of nitrogens with one attached hydrogen (secondary N) is 1. The molecule has 3 rings (SSSR count). The molecule has 1 aliphatic rings. The molecule has 1 amide bonds. The van der Waals surface area contributed by atoms with Gasteiger partial charge in [0.05, 0.1) is 12.7 Å². The molecule has 0 aromatic heterocycles. The van der Waals surface area contributed by atoms with Crippen LogP contribution < -0.4 is 5.32 Å². The van der Waals surface area contributed by atoms with Crippen molar-refractivity contribution in [1.82, 2.24) is 4.90 Å². The summed E-state index contributed by atoms with van der Waals surface area (Å²) in [4.78, 5) is 14.7. The van der Waals surface area contributed by atoms with Gasteiger partial charge in [-0.15, -0.1) is 0 Å². The van der Waals surface area contributed by atoms with Crippen molar-refractivity contribution in [3.8, 4) is 0 Å². The van der Waals surface area contributed by atoms with Crippen molar-refractivity contribution in [2.24, 2.45) is 0 Å². The molecular weight excluding hydrogens is 319 g/mol. The van der Waals surface area contributed by atoms with Gasteiger partial charge in [0.25, 0.3) is 5.91 Å². The molecule has 1 N–H and O–H groups in total. The second-order valence-electron chi connectivity index (χ2n) is 6.53. The Morgan fingerprint density at radius 2 is 2.04 bits per heavy atom. The van der Waals surface area contributed by atoms with Crippen LogP contribution in [0.4, 0.5) is 10.1 Å². The monoisotopic (exact) mass is 342 g/mol. The van der Waals surface area contributed by atoms with E-state index in [2.05, 4.69) is 17.1 Å². The zero-order valence-corrected chi connectivity index (χ0v) is 14.6. The van der Waals surface area contributed by atoms with Gasteiger partial charge in [-0.05, 0) is 49.2 Å². The van der Waals surface area contributed by atoms with Gasteiger partial charge < -0.3 is 10.1 Å². The van der Waals surface area contributed by atoms with Gasteiger partial charge in [0, 0.05) is 30.9 Å². The summed E-state index contributed by atoms with van der Waals surface area (Å²) in [5.41, 5.74) is 3.04. The number of anilines is 1. The minimum Gasteiger partial charge on any atom is -0.376 e. The Labute approximate surface area is 147 Å². The molecule has 1 aliphatic heterocycles.